The van der Waals surface area contributed by atoms with E-state index in [1.165, 1.54) is 6.08 Å². The zero-order valence-electron chi connectivity index (χ0n) is 7.45. The van der Waals surface area contributed by atoms with Crippen molar-refractivity contribution >= 4 is 5.91 Å². The second kappa shape index (κ2) is 4.26. The van der Waals surface area contributed by atoms with Crippen molar-refractivity contribution in [2.75, 3.05) is 20.3 Å². The fourth-order valence-corrected chi connectivity index (χ4v) is 1.61. The number of hydrogen-bond donors (Lipinski definition) is 0. The van der Waals surface area contributed by atoms with E-state index in [4.69, 9.17) is 4.74 Å². The Labute approximate surface area is 73.0 Å². The Morgan fingerprint density at radius 1 is 1.83 bits per heavy atom. The average molecular weight is 169 g/mol. The number of hydrogen-bond acceptors (Lipinski definition) is 2. The predicted molar refractivity (Wildman–Crippen MR) is 46.8 cm³/mol. The third kappa shape index (κ3) is 1.85. The number of amides is 1. The fraction of sp³-hybridized carbons (Fsp3) is 0.667. The molecule has 0 aromatic heterocycles. The van der Waals surface area contributed by atoms with E-state index in [9.17, 15) is 4.79 Å². The number of rotatable bonds is 3. The maximum Gasteiger partial charge on any atom is 0.246 e. The van der Waals surface area contributed by atoms with Crippen LogP contribution >= 0.6 is 0 Å². The van der Waals surface area contributed by atoms with Gasteiger partial charge >= 0.3 is 0 Å². The summed E-state index contributed by atoms with van der Waals surface area (Å²) in [4.78, 5) is 13.1. The Morgan fingerprint density at radius 2 is 2.58 bits per heavy atom. The molecule has 0 N–H and O–H groups in total. The quantitative estimate of drug-likeness (QED) is 0.585. The van der Waals surface area contributed by atoms with Gasteiger partial charge in [-0.15, -0.1) is 0 Å². The van der Waals surface area contributed by atoms with Crippen molar-refractivity contribution in [3.8, 4) is 0 Å². The third-order valence-corrected chi connectivity index (χ3v) is 2.19. The van der Waals surface area contributed by atoms with Crippen molar-refractivity contribution in [1.29, 1.82) is 0 Å². The van der Waals surface area contributed by atoms with Crippen molar-refractivity contribution in [2.24, 2.45) is 0 Å². The summed E-state index contributed by atoms with van der Waals surface area (Å²) < 4.78 is 5.02. The lowest BCUT2D eigenvalue weighted by Crippen LogP contribution is -2.36. The maximum atomic E-state index is 11.3. The van der Waals surface area contributed by atoms with E-state index >= 15 is 0 Å². The molecule has 1 fully saturated rings. The van der Waals surface area contributed by atoms with Crippen LogP contribution in [0.4, 0.5) is 0 Å². The van der Waals surface area contributed by atoms with Crippen LogP contribution in [0.1, 0.15) is 12.8 Å². The minimum absolute atomic E-state index is 0.0227. The summed E-state index contributed by atoms with van der Waals surface area (Å²) in [6.45, 7) is 4.95. The first-order valence-electron chi connectivity index (χ1n) is 4.21. The van der Waals surface area contributed by atoms with Gasteiger partial charge in [-0.2, -0.15) is 0 Å². The number of likely N-dealkylation sites (tertiary alicyclic amines) is 1. The lowest BCUT2D eigenvalue weighted by Gasteiger charge is -2.22. The molecule has 1 aliphatic rings. The first kappa shape index (κ1) is 9.26. The van der Waals surface area contributed by atoms with Crippen LogP contribution in [0, 0.1) is 0 Å². The molecule has 0 bridgehead atoms. The third-order valence-electron chi connectivity index (χ3n) is 2.19. The normalized spacial score (nSPS) is 22.8. The molecule has 1 aliphatic heterocycles. The zero-order valence-corrected chi connectivity index (χ0v) is 7.45. The molecule has 1 unspecified atom stereocenters. The summed E-state index contributed by atoms with van der Waals surface area (Å²) in [6.07, 6.45) is 3.50. The van der Waals surface area contributed by atoms with E-state index in [0.717, 1.165) is 19.4 Å². The van der Waals surface area contributed by atoms with Gasteiger partial charge in [-0.25, -0.2) is 0 Å². The molecule has 0 saturated carbocycles. The van der Waals surface area contributed by atoms with Crippen LogP contribution in [-0.2, 0) is 9.53 Å². The molecule has 3 heteroatoms. The van der Waals surface area contributed by atoms with Crippen LogP contribution in [0.25, 0.3) is 0 Å². The van der Waals surface area contributed by atoms with Gasteiger partial charge in [0, 0.05) is 13.7 Å². The van der Waals surface area contributed by atoms with Crippen molar-refractivity contribution in [3.05, 3.63) is 12.7 Å². The SMILES string of the molecule is C=CC(=O)N1CCCC1COC. The second-order valence-corrected chi connectivity index (χ2v) is 2.99. The molecule has 1 rings (SSSR count). The molecule has 12 heavy (non-hydrogen) atoms. The van der Waals surface area contributed by atoms with Gasteiger partial charge < -0.3 is 9.64 Å². The zero-order chi connectivity index (χ0) is 8.97. The van der Waals surface area contributed by atoms with Crippen molar-refractivity contribution in [3.63, 3.8) is 0 Å². The number of nitrogens with zero attached hydrogens (tertiary/aromatic N) is 1. The molecule has 68 valence electrons. The van der Waals surface area contributed by atoms with E-state index in [2.05, 4.69) is 6.58 Å². The average Bonchev–Trinajstić information content (AvgIpc) is 2.52. The molecule has 1 atom stereocenters. The number of ether oxygens (including phenoxy) is 1. The topological polar surface area (TPSA) is 29.5 Å². The highest BCUT2D eigenvalue weighted by Gasteiger charge is 2.26. The van der Waals surface area contributed by atoms with Crippen molar-refractivity contribution in [2.45, 2.75) is 18.9 Å². The molecular formula is C9H15NO2. The van der Waals surface area contributed by atoms with Crippen molar-refractivity contribution < 1.29 is 9.53 Å². The molecule has 0 aromatic carbocycles. The smallest absolute Gasteiger partial charge is 0.246 e. The van der Waals surface area contributed by atoms with Gasteiger partial charge in [0.05, 0.1) is 12.6 Å². The first-order chi connectivity index (χ1) is 5.79. The van der Waals surface area contributed by atoms with Gasteiger partial charge in [0.1, 0.15) is 0 Å². The summed E-state index contributed by atoms with van der Waals surface area (Å²) in [5.74, 6) is 0.0227. The van der Waals surface area contributed by atoms with Gasteiger partial charge in [0.2, 0.25) is 5.91 Å². The molecule has 1 heterocycles. The van der Waals surface area contributed by atoms with Gasteiger partial charge in [0.15, 0.2) is 0 Å². The molecule has 1 saturated heterocycles. The second-order valence-electron chi connectivity index (χ2n) is 2.99. The Morgan fingerprint density at radius 3 is 3.17 bits per heavy atom. The Kier molecular flexibility index (Phi) is 3.29. The highest BCUT2D eigenvalue weighted by molar-refractivity contribution is 5.87. The lowest BCUT2D eigenvalue weighted by molar-refractivity contribution is -0.127. The standard InChI is InChI=1S/C9H15NO2/c1-3-9(11)10-6-4-5-8(10)7-12-2/h3,8H,1,4-7H2,2H3. The molecule has 0 radical (unpaired) electrons. The molecule has 0 aromatic rings. The Hall–Kier alpha value is -0.830. The van der Waals surface area contributed by atoms with Crippen LogP contribution in [0.3, 0.4) is 0 Å². The largest absolute Gasteiger partial charge is 0.383 e. The monoisotopic (exact) mass is 169 g/mol. The highest BCUT2D eigenvalue weighted by Crippen LogP contribution is 2.17. The number of carbonyl (C=O) groups excluding carboxylic acids is 1. The molecule has 1 amide bonds. The number of carbonyl (C=O) groups is 1. The van der Waals surface area contributed by atoms with Crippen molar-refractivity contribution in [1.82, 2.24) is 4.90 Å². The van der Waals surface area contributed by atoms with E-state index in [1.807, 2.05) is 4.90 Å². The predicted octanol–water partition coefficient (Wildman–Crippen LogP) is 0.810. The first-order valence-corrected chi connectivity index (χ1v) is 4.21. The molecular weight excluding hydrogens is 154 g/mol. The van der Waals surface area contributed by atoms with E-state index < -0.39 is 0 Å². The number of methoxy groups -OCH3 is 1. The van der Waals surface area contributed by atoms with Crippen LogP contribution in [0.15, 0.2) is 12.7 Å². The van der Waals surface area contributed by atoms with Gasteiger partial charge in [-0.1, -0.05) is 6.58 Å². The van der Waals surface area contributed by atoms with Crippen LogP contribution in [0.2, 0.25) is 0 Å². The Balaban J connectivity index is 2.51. The van der Waals surface area contributed by atoms with E-state index in [0.29, 0.717) is 6.61 Å². The highest BCUT2D eigenvalue weighted by atomic mass is 16.5. The Bertz CT molecular complexity index is 179. The van der Waals surface area contributed by atoms with Crippen LogP contribution < -0.4 is 0 Å². The van der Waals surface area contributed by atoms with Gasteiger partial charge in [-0.05, 0) is 18.9 Å². The van der Waals surface area contributed by atoms with Gasteiger partial charge in [-0.3, -0.25) is 4.79 Å². The molecule has 0 aliphatic carbocycles. The van der Waals surface area contributed by atoms with Crippen LogP contribution in [-0.4, -0.2) is 37.1 Å². The summed E-state index contributed by atoms with van der Waals surface area (Å²) in [7, 11) is 1.66. The molecule has 0 spiro atoms. The molecule has 3 nitrogen and oxygen atoms in total. The lowest BCUT2D eigenvalue weighted by atomic mass is 10.2. The maximum absolute atomic E-state index is 11.3. The van der Waals surface area contributed by atoms with E-state index in [-0.39, 0.29) is 11.9 Å². The van der Waals surface area contributed by atoms with E-state index in [1.54, 1.807) is 7.11 Å². The minimum atomic E-state index is 0.0227. The summed E-state index contributed by atoms with van der Waals surface area (Å²) in [6, 6.07) is 0.264. The fourth-order valence-electron chi connectivity index (χ4n) is 1.61. The summed E-state index contributed by atoms with van der Waals surface area (Å²) in [5.41, 5.74) is 0. The van der Waals surface area contributed by atoms with Crippen LogP contribution in [0.5, 0.6) is 0 Å². The summed E-state index contributed by atoms with van der Waals surface area (Å²) in [5, 5.41) is 0. The summed E-state index contributed by atoms with van der Waals surface area (Å²) >= 11 is 0. The van der Waals surface area contributed by atoms with Gasteiger partial charge in [0.25, 0.3) is 0 Å². The minimum Gasteiger partial charge on any atom is -0.383 e.